The van der Waals surface area contributed by atoms with Gasteiger partial charge >= 0.3 is 0 Å². The van der Waals surface area contributed by atoms with Crippen LogP contribution in [0, 0.1) is 5.92 Å². The van der Waals surface area contributed by atoms with Crippen molar-refractivity contribution >= 4 is 0 Å². The Balaban J connectivity index is 2.31. The van der Waals surface area contributed by atoms with Crippen LogP contribution < -0.4 is 5.73 Å². The van der Waals surface area contributed by atoms with Gasteiger partial charge in [0.25, 0.3) is 0 Å². The van der Waals surface area contributed by atoms with E-state index in [1.807, 2.05) is 0 Å². The van der Waals surface area contributed by atoms with Crippen LogP contribution in [0.15, 0.2) is 0 Å². The number of hydrogen-bond donors (Lipinski definition) is 1. The molecule has 4 heteroatoms. The van der Waals surface area contributed by atoms with Crippen molar-refractivity contribution in [1.29, 1.82) is 0 Å². The Morgan fingerprint density at radius 2 is 2.31 bits per heavy atom. The van der Waals surface area contributed by atoms with Gasteiger partial charge in [-0.2, -0.15) is 0 Å². The summed E-state index contributed by atoms with van der Waals surface area (Å²) in [6, 6.07) is 0. The lowest BCUT2D eigenvalue weighted by Gasteiger charge is -2.34. The third-order valence-electron chi connectivity index (χ3n) is 3.22. The van der Waals surface area contributed by atoms with E-state index in [1.165, 1.54) is 0 Å². The molecule has 0 aromatic carbocycles. The second kappa shape index (κ2) is 7.22. The number of rotatable bonds is 6. The molecular weight excluding hydrogens is 202 g/mol. The van der Waals surface area contributed by atoms with E-state index in [1.54, 1.807) is 0 Å². The molecule has 96 valence electrons. The highest BCUT2D eigenvalue weighted by Crippen LogP contribution is 2.07. The zero-order chi connectivity index (χ0) is 12.0. The first-order valence-electron chi connectivity index (χ1n) is 6.38. The highest BCUT2D eigenvalue weighted by Gasteiger charge is 2.20. The monoisotopic (exact) mass is 229 g/mol. The summed E-state index contributed by atoms with van der Waals surface area (Å²) in [5.41, 5.74) is 5.66. The lowest BCUT2D eigenvalue weighted by molar-refractivity contribution is -0.0362. The largest absolute Gasteiger partial charge is 0.374 e. The quantitative estimate of drug-likeness (QED) is 0.708. The van der Waals surface area contributed by atoms with Gasteiger partial charge < -0.3 is 20.3 Å². The van der Waals surface area contributed by atoms with E-state index in [9.17, 15) is 0 Å². The summed E-state index contributed by atoms with van der Waals surface area (Å²) in [6.07, 6.45) is 0.365. The molecule has 1 saturated heterocycles. The number of morpholine rings is 1. The summed E-state index contributed by atoms with van der Waals surface area (Å²) in [5.74, 6) is 0.571. The predicted molar refractivity (Wildman–Crippen MR) is 67.6 cm³/mol. The summed E-state index contributed by atoms with van der Waals surface area (Å²) in [6.45, 7) is 11.3. The van der Waals surface area contributed by atoms with E-state index in [-0.39, 0.29) is 0 Å². The number of hydrogen-bond acceptors (Lipinski definition) is 4. The Morgan fingerprint density at radius 1 is 1.56 bits per heavy atom. The topological polar surface area (TPSA) is 41.7 Å². The molecular formula is C12H27N3O. The van der Waals surface area contributed by atoms with Crippen molar-refractivity contribution in [3.8, 4) is 0 Å². The average molecular weight is 229 g/mol. The fourth-order valence-electron chi connectivity index (χ4n) is 2.11. The second-order valence-electron chi connectivity index (χ2n) is 4.95. The Hall–Kier alpha value is -0.160. The number of ether oxygens (including phenoxy) is 1. The van der Waals surface area contributed by atoms with E-state index in [4.69, 9.17) is 10.5 Å². The van der Waals surface area contributed by atoms with Gasteiger partial charge in [0.1, 0.15) is 0 Å². The molecule has 0 saturated carbocycles. The normalized spacial score (nSPS) is 24.9. The maximum atomic E-state index is 5.78. The van der Waals surface area contributed by atoms with E-state index in [0.717, 1.165) is 45.9 Å². The molecule has 0 aromatic rings. The number of likely N-dealkylation sites (N-methyl/N-ethyl adjacent to an activating group) is 2. The minimum absolute atomic E-state index is 0.365. The fraction of sp³-hybridized carbons (Fsp3) is 1.00. The van der Waals surface area contributed by atoms with Crippen molar-refractivity contribution in [3.05, 3.63) is 0 Å². The van der Waals surface area contributed by atoms with Crippen molar-refractivity contribution in [2.45, 2.75) is 20.0 Å². The van der Waals surface area contributed by atoms with Gasteiger partial charge in [-0.05, 0) is 26.1 Å². The molecule has 16 heavy (non-hydrogen) atoms. The molecule has 1 aliphatic heterocycles. The summed E-state index contributed by atoms with van der Waals surface area (Å²) in [4.78, 5) is 4.79. The van der Waals surface area contributed by atoms with Crippen LogP contribution >= 0.6 is 0 Å². The van der Waals surface area contributed by atoms with Crippen molar-refractivity contribution in [2.75, 3.05) is 52.9 Å². The first-order valence-corrected chi connectivity index (χ1v) is 6.38. The molecule has 1 fully saturated rings. The fourth-order valence-corrected chi connectivity index (χ4v) is 2.11. The number of nitrogens with two attached hydrogens (primary N) is 1. The van der Waals surface area contributed by atoms with Crippen LogP contribution in [-0.4, -0.2) is 68.8 Å². The minimum Gasteiger partial charge on any atom is -0.374 e. The lowest BCUT2D eigenvalue weighted by Crippen LogP contribution is -2.47. The first kappa shape index (κ1) is 13.9. The summed E-state index contributed by atoms with van der Waals surface area (Å²) in [5, 5.41) is 0. The van der Waals surface area contributed by atoms with Gasteiger partial charge in [0, 0.05) is 26.2 Å². The highest BCUT2D eigenvalue weighted by atomic mass is 16.5. The molecule has 0 amide bonds. The molecule has 2 atom stereocenters. The molecule has 4 nitrogen and oxygen atoms in total. The maximum Gasteiger partial charge on any atom is 0.0829 e. The van der Waals surface area contributed by atoms with Gasteiger partial charge in [0.2, 0.25) is 0 Å². The van der Waals surface area contributed by atoms with E-state index in [0.29, 0.717) is 12.0 Å². The molecule has 0 bridgehead atoms. The van der Waals surface area contributed by atoms with Gasteiger partial charge in [-0.25, -0.2) is 0 Å². The maximum absolute atomic E-state index is 5.78. The van der Waals surface area contributed by atoms with Crippen molar-refractivity contribution in [1.82, 2.24) is 9.80 Å². The van der Waals surface area contributed by atoms with Crippen LogP contribution in [0.5, 0.6) is 0 Å². The molecule has 1 rings (SSSR count). The van der Waals surface area contributed by atoms with Gasteiger partial charge in [-0.1, -0.05) is 13.8 Å². The average Bonchev–Trinajstić information content (AvgIpc) is 2.28. The Morgan fingerprint density at radius 3 is 2.88 bits per heavy atom. The minimum atomic E-state index is 0.365. The Labute approximate surface area is 99.7 Å². The van der Waals surface area contributed by atoms with Crippen LogP contribution in [0.2, 0.25) is 0 Å². The van der Waals surface area contributed by atoms with E-state index < -0.39 is 0 Å². The van der Waals surface area contributed by atoms with Gasteiger partial charge in [0.05, 0.1) is 12.7 Å². The summed E-state index contributed by atoms with van der Waals surface area (Å²) < 4.78 is 5.78. The third-order valence-corrected chi connectivity index (χ3v) is 3.22. The second-order valence-corrected chi connectivity index (χ2v) is 4.95. The van der Waals surface area contributed by atoms with Crippen molar-refractivity contribution < 1.29 is 4.74 Å². The van der Waals surface area contributed by atoms with Crippen LogP contribution in [0.1, 0.15) is 13.8 Å². The lowest BCUT2D eigenvalue weighted by atomic mass is 10.1. The number of nitrogens with zero attached hydrogens (tertiary/aromatic N) is 2. The predicted octanol–water partition coefficient (Wildman–Crippen LogP) is 0.234. The zero-order valence-corrected chi connectivity index (χ0v) is 11.0. The van der Waals surface area contributed by atoms with Gasteiger partial charge in [0.15, 0.2) is 0 Å². The molecule has 0 spiro atoms. The Bertz CT molecular complexity index is 189. The molecule has 0 aromatic heterocycles. The molecule has 0 radical (unpaired) electrons. The van der Waals surface area contributed by atoms with E-state index >= 15 is 0 Å². The molecule has 0 aliphatic carbocycles. The third kappa shape index (κ3) is 4.78. The summed E-state index contributed by atoms with van der Waals surface area (Å²) >= 11 is 0. The SMILES string of the molecule is CCN(CC(C)CN)CC1CN(C)CCO1. The van der Waals surface area contributed by atoms with Gasteiger partial charge in [-0.3, -0.25) is 0 Å². The zero-order valence-electron chi connectivity index (χ0n) is 11.0. The van der Waals surface area contributed by atoms with Crippen molar-refractivity contribution in [3.63, 3.8) is 0 Å². The highest BCUT2D eigenvalue weighted by molar-refractivity contribution is 4.73. The van der Waals surface area contributed by atoms with Crippen LogP contribution in [0.3, 0.4) is 0 Å². The standard InChI is InChI=1S/C12H27N3O/c1-4-15(8-11(2)7-13)10-12-9-14(3)5-6-16-12/h11-12H,4-10,13H2,1-3H3. The molecule has 2 unspecified atom stereocenters. The first-order chi connectivity index (χ1) is 7.65. The molecule has 1 heterocycles. The van der Waals surface area contributed by atoms with Crippen LogP contribution in [0.25, 0.3) is 0 Å². The Kier molecular flexibility index (Phi) is 6.28. The van der Waals surface area contributed by atoms with E-state index in [2.05, 4.69) is 30.7 Å². The van der Waals surface area contributed by atoms with Crippen molar-refractivity contribution in [2.24, 2.45) is 11.7 Å². The smallest absolute Gasteiger partial charge is 0.0829 e. The molecule has 2 N–H and O–H groups in total. The van der Waals surface area contributed by atoms with Gasteiger partial charge in [-0.15, -0.1) is 0 Å². The molecule has 1 aliphatic rings. The van der Waals surface area contributed by atoms with Crippen LogP contribution in [0.4, 0.5) is 0 Å². The summed E-state index contributed by atoms with van der Waals surface area (Å²) in [7, 11) is 2.16. The van der Waals surface area contributed by atoms with Crippen LogP contribution in [-0.2, 0) is 4.74 Å².